The molecule has 4 heterocycles. The van der Waals surface area contributed by atoms with E-state index in [0.717, 1.165) is 30.4 Å². The summed E-state index contributed by atoms with van der Waals surface area (Å²) in [7, 11) is 0. The summed E-state index contributed by atoms with van der Waals surface area (Å²) in [4.78, 5) is 26.0. The molecule has 2 saturated heterocycles. The Hall–Kier alpha value is -2.04. The maximum atomic E-state index is 13.2. The molecule has 2 aliphatic carbocycles. The minimum atomic E-state index is -0.647. The van der Waals surface area contributed by atoms with Gasteiger partial charge in [-0.15, -0.1) is 0 Å². The standard InChI is InChI=1S/C20H22O5/c1-11-3-5-19-12(2)7-14(24-17(19)21)8-16(19)20(11)9-15(25-18(20)22)13-4-6-23-10-13/h4,6-7,10-11,14-16H,3,5,8-9H2,1-2H3/t11-,14?,15-,16+,19-,20-/m0/s1. The molecule has 0 aromatic carbocycles. The Kier molecular flexibility index (Phi) is 2.91. The maximum Gasteiger partial charge on any atom is 0.317 e. The van der Waals surface area contributed by atoms with Crippen molar-refractivity contribution in [1.29, 1.82) is 0 Å². The van der Waals surface area contributed by atoms with Gasteiger partial charge in [-0.05, 0) is 50.2 Å². The normalized spacial score (nSPS) is 45.1. The molecule has 5 heteroatoms. The molecular weight excluding hydrogens is 320 g/mol. The van der Waals surface area contributed by atoms with Crippen LogP contribution in [0.2, 0.25) is 0 Å². The third-order valence-corrected chi connectivity index (χ3v) is 7.37. The van der Waals surface area contributed by atoms with Gasteiger partial charge >= 0.3 is 11.9 Å². The summed E-state index contributed by atoms with van der Waals surface area (Å²) in [6.07, 6.45) is 7.76. The van der Waals surface area contributed by atoms with Gasteiger partial charge in [-0.25, -0.2) is 0 Å². The van der Waals surface area contributed by atoms with Gasteiger partial charge in [0, 0.05) is 12.0 Å². The van der Waals surface area contributed by atoms with E-state index in [1.165, 1.54) is 0 Å². The van der Waals surface area contributed by atoms with Crippen LogP contribution >= 0.6 is 0 Å². The zero-order valence-corrected chi connectivity index (χ0v) is 14.5. The summed E-state index contributed by atoms with van der Waals surface area (Å²) in [6.45, 7) is 4.16. The van der Waals surface area contributed by atoms with Gasteiger partial charge < -0.3 is 13.9 Å². The topological polar surface area (TPSA) is 65.7 Å². The summed E-state index contributed by atoms with van der Waals surface area (Å²) in [5, 5.41) is 0. The van der Waals surface area contributed by atoms with E-state index in [1.807, 2.05) is 13.0 Å². The van der Waals surface area contributed by atoms with E-state index < -0.39 is 10.8 Å². The van der Waals surface area contributed by atoms with Crippen molar-refractivity contribution in [3.05, 3.63) is 35.8 Å². The summed E-state index contributed by atoms with van der Waals surface area (Å²) >= 11 is 0. The first kappa shape index (κ1) is 15.2. The molecule has 2 bridgehead atoms. The van der Waals surface area contributed by atoms with E-state index in [9.17, 15) is 9.59 Å². The molecule has 132 valence electrons. The largest absolute Gasteiger partial charge is 0.472 e. The summed E-state index contributed by atoms with van der Waals surface area (Å²) in [6, 6.07) is 1.85. The predicted molar refractivity (Wildman–Crippen MR) is 87.2 cm³/mol. The van der Waals surface area contributed by atoms with Crippen LogP contribution in [0, 0.1) is 22.7 Å². The van der Waals surface area contributed by atoms with Gasteiger partial charge in [0.15, 0.2) is 0 Å². The zero-order valence-electron chi connectivity index (χ0n) is 14.5. The number of carbonyl (C=O) groups excluding carboxylic acids is 2. The lowest BCUT2D eigenvalue weighted by Crippen LogP contribution is -2.62. The highest BCUT2D eigenvalue weighted by Crippen LogP contribution is 2.67. The predicted octanol–water partition coefficient (Wildman–Crippen LogP) is 3.56. The Morgan fingerprint density at radius 3 is 2.76 bits per heavy atom. The molecule has 1 aromatic rings. The highest BCUT2D eigenvalue weighted by atomic mass is 16.6. The first-order chi connectivity index (χ1) is 12.0. The van der Waals surface area contributed by atoms with Crippen molar-refractivity contribution < 1.29 is 23.5 Å². The average Bonchev–Trinajstić information content (AvgIpc) is 3.20. The van der Waals surface area contributed by atoms with E-state index in [0.29, 0.717) is 6.42 Å². The fourth-order valence-corrected chi connectivity index (χ4v) is 6.00. The van der Waals surface area contributed by atoms with E-state index >= 15 is 0 Å². The van der Waals surface area contributed by atoms with E-state index in [1.54, 1.807) is 12.5 Å². The molecule has 5 nitrogen and oxygen atoms in total. The molecule has 2 spiro atoms. The van der Waals surface area contributed by atoms with Gasteiger partial charge in [0.1, 0.15) is 12.2 Å². The molecule has 1 unspecified atom stereocenters. The van der Waals surface area contributed by atoms with Gasteiger partial charge in [-0.3, -0.25) is 9.59 Å². The third-order valence-electron chi connectivity index (χ3n) is 7.37. The fourth-order valence-electron chi connectivity index (χ4n) is 6.00. The molecular formula is C20H22O5. The number of cyclic esters (lactones) is 1. The van der Waals surface area contributed by atoms with Crippen molar-refractivity contribution >= 4 is 11.9 Å². The second-order valence-electron chi connectivity index (χ2n) is 8.19. The SMILES string of the molecule is CC1=CC2C[C@@H]3[C@@]1(CC[C@H](C)[C@@]31C[C@@H](c3ccoc3)OC1=O)C(=O)O2. The third kappa shape index (κ3) is 1.69. The van der Waals surface area contributed by atoms with Gasteiger partial charge in [-0.1, -0.05) is 12.5 Å². The molecule has 6 rings (SSSR count). The molecule has 6 atom stereocenters. The van der Waals surface area contributed by atoms with Crippen LogP contribution in [0.5, 0.6) is 0 Å². The lowest BCUT2D eigenvalue weighted by atomic mass is 9.45. The second-order valence-corrected chi connectivity index (χ2v) is 8.19. The van der Waals surface area contributed by atoms with Crippen LogP contribution in [-0.4, -0.2) is 18.0 Å². The molecule has 0 N–H and O–H groups in total. The highest BCUT2D eigenvalue weighted by molar-refractivity contribution is 5.88. The molecule has 3 aliphatic heterocycles. The van der Waals surface area contributed by atoms with Crippen molar-refractivity contribution in [1.82, 2.24) is 0 Å². The maximum absolute atomic E-state index is 13.2. The Morgan fingerprint density at radius 2 is 2.04 bits per heavy atom. The van der Waals surface area contributed by atoms with E-state index in [4.69, 9.17) is 13.9 Å². The second kappa shape index (κ2) is 4.77. The van der Waals surface area contributed by atoms with Gasteiger partial charge in [0.25, 0.3) is 0 Å². The van der Waals surface area contributed by atoms with Crippen molar-refractivity contribution in [2.45, 2.75) is 51.7 Å². The molecule has 0 radical (unpaired) electrons. The Balaban J connectivity index is 1.62. The van der Waals surface area contributed by atoms with Crippen LogP contribution < -0.4 is 0 Å². The smallest absolute Gasteiger partial charge is 0.317 e. The molecule has 5 aliphatic rings. The van der Waals surface area contributed by atoms with Crippen molar-refractivity contribution in [2.24, 2.45) is 22.7 Å². The quantitative estimate of drug-likeness (QED) is 0.577. The van der Waals surface area contributed by atoms with Gasteiger partial charge in [0.05, 0.1) is 23.4 Å². The summed E-state index contributed by atoms with van der Waals surface area (Å²) in [5.74, 6) is -0.139. The monoisotopic (exact) mass is 342 g/mol. The van der Waals surface area contributed by atoms with Gasteiger partial charge in [-0.2, -0.15) is 0 Å². The summed E-state index contributed by atoms with van der Waals surface area (Å²) in [5.41, 5.74) is 0.711. The molecule has 3 fully saturated rings. The first-order valence-corrected chi connectivity index (χ1v) is 9.11. The van der Waals surface area contributed by atoms with Crippen LogP contribution in [0.25, 0.3) is 0 Å². The lowest BCUT2D eigenvalue weighted by Gasteiger charge is -2.59. The van der Waals surface area contributed by atoms with Crippen LogP contribution in [0.4, 0.5) is 0 Å². The van der Waals surface area contributed by atoms with Gasteiger partial charge in [0.2, 0.25) is 0 Å². The number of rotatable bonds is 1. The van der Waals surface area contributed by atoms with Crippen molar-refractivity contribution in [2.75, 3.05) is 0 Å². The van der Waals surface area contributed by atoms with Crippen LogP contribution in [0.1, 0.15) is 51.2 Å². The molecule has 0 amide bonds. The van der Waals surface area contributed by atoms with E-state index in [2.05, 4.69) is 13.0 Å². The first-order valence-electron chi connectivity index (χ1n) is 9.11. The number of hydrogen-bond donors (Lipinski definition) is 0. The van der Waals surface area contributed by atoms with Crippen LogP contribution in [0.15, 0.2) is 34.7 Å². The highest BCUT2D eigenvalue weighted by Gasteiger charge is 2.70. The number of furan rings is 1. The summed E-state index contributed by atoms with van der Waals surface area (Å²) < 4.78 is 16.6. The van der Waals surface area contributed by atoms with E-state index in [-0.39, 0.29) is 36.0 Å². The molecule has 1 saturated carbocycles. The fraction of sp³-hybridized carbons (Fsp3) is 0.600. The molecule has 1 aromatic heterocycles. The lowest BCUT2D eigenvalue weighted by molar-refractivity contribution is -0.196. The number of esters is 2. The van der Waals surface area contributed by atoms with Crippen LogP contribution in [-0.2, 0) is 19.1 Å². The Labute approximate surface area is 146 Å². The number of carbonyl (C=O) groups is 2. The minimum absolute atomic E-state index is 0.0376. The molecule has 25 heavy (non-hydrogen) atoms. The Bertz CT molecular complexity index is 778. The Morgan fingerprint density at radius 1 is 1.20 bits per heavy atom. The van der Waals surface area contributed by atoms with Crippen LogP contribution in [0.3, 0.4) is 0 Å². The average molecular weight is 342 g/mol. The van der Waals surface area contributed by atoms with Crippen molar-refractivity contribution in [3.8, 4) is 0 Å². The van der Waals surface area contributed by atoms with Crippen molar-refractivity contribution in [3.63, 3.8) is 0 Å². The minimum Gasteiger partial charge on any atom is -0.472 e. The zero-order chi connectivity index (χ0) is 17.4. The number of fused-ring (bicyclic) bond motifs is 1. The number of ether oxygens (including phenoxy) is 2. The number of hydrogen-bond acceptors (Lipinski definition) is 5.